The molecule has 0 saturated heterocycles. The molecule has 1 aromatic heterocycles. The fourth-order valence-electron chi connectivity index (χ4n) is 1.95. The van der Waals surface area contributed by atoms with Crippen LogP contribution in [0.3, 0.4) is 0 Å². The molecule has 1 amide bonds. The van der Waals surface area contributed by atoms with Crippen molar-refractivity contribution in [3.8, 4) is 0 Å². The van der Waals surface area contributed by atoms with E-state index in [0.29, 0.717) is 6.54 Å². The molecule has 2 aromatic rings. The molecular formula is C17H19N3O4. The van der Waals surface area contributed by atoms with Crippen molar-refractivity contribution in [3.05, 3.63) is 64.1 Å². The third-order valence-corrected chi connectivity index (χ3v) is 3.31. The second-order valence-corrected chi connectivity index (χ2v) is 5.33. The Bertz CT molecular complexity index is 766. The highest BCUT2D eigenvalue weighted by atomic mass is 16.5. The molecule has 1 heterocycles. The van der Waals surface area contributed by atoms with Gasteiger partial charge in [-0.25, -0.2) is 4.79 Å². The number of amides is 1. The largest absolute Gasteiger partial charge is 0.452 e. The Morgan fingerprint density at radius 3 is 2.50 bits per heavy atom. The predicted octanol–water partition coefficient (Wildman–Crippen LogP) is 0.914. The topological polar surface area (TPSA) is 91.5 Å². The normalized spacial score (nSPS) is 10.1. The predicted molar refractivity (Wildman–Crippen MR) is 90.0 cm³/mol. The molecule has 0 aliphatic carbocycles. The maximum atomic E-state index is 11.7. The number of ether oxygens (including phenoxy) is 1. The van der Waals surface area contributed by atoms with Gasteiger partial charge in [0.1, 0.15) is 5.56 Å². The number of esters is 1. The van der Waals surface area contributed by atoms with Crippen LogP contribution in [0.25, 0.3) is 0 Å². The Labute approximate surface area is 139 Å². The van der Waals surface area contributed by atoms with Gasteiger partial charge in [-0.3, -0.25) is 9.59 Å². The molecule has 0 atom stereocenters. The average molecular weight is 329 g/mol. The molecule has 2 rings (SSSR count). The van der Waals surface area contributed by atoms with Gasteiger partial charge in [-0.1, -0.05) is 12.1 Å². The maximum Gasteiger partial charge on any atom is 0.344 e. The van der Waals surface area contributed by atoms with Crippen molar-refractivity contribution in [3.63, 3.8) is 0 Å². The number of hydrogen-bond donors (Lipinski definition) is 2. The summed E-state index contributed by atoms with van der Waals surface area (Å²) in [5, 5.41) is 2.65. The number of rotatable bonds is 6. The lowest BCUT2D eigenvalue weighted by molar-refractivity contribution is -0.124. The summed E-state index contributed by atoms with van der Waals surface area (Å²) in [5.41, 5.74) is 1.31. The molecule has 126 valence electrons. The van der Waals surface area contributed by atoms with Gasteiger partial charge in [0.05, 0.1) is 0 Å². The highest BCUT2D eigenvalue weighted by molar-refractivity contribution is 5.90. The molecule has 0 radical (unpaired) electrons. The number of nitrogens with one attached hydrogen (secondary N) is 2. The van der Waals surface area contributed by atoms with Crippen LogP contribution in [0.5, 0.6) is 0 Å². The summed E-state index contributed by atoms with van der Waals surface area (Å²) in [7, 11) is 3.89. The van der Waals surface area contributed by atoms with E-state index in [9.17, 15) is 14.4 Å². The van der Waals surface area contributed by atoms with Crippen molar-refractivity contribution in [1.29, 1.82) is 0 Å². The fraction of sp³-hybridized carbons (Fsp3) is 0.235. The van der Waals surface area contributed by atoms with Crippen LogP contribution in [-0.2, 0) is 16.1 Å². The molecule has 0 saturated carbocycles. The summed E-state index contributed by atoms with van der Waals surface area (Å²) in [6.07, 6.45) is 1.41. The van der Waals surface area contributed by atoms with E-state index in [0.717, 1.165) is 11.3 Å². The second-order valence-electron chi connectivity index (χ2n) is 5.33. The molecule has 0 unspecified atom stereocenters. The van der Waals surface area contributed by atoms with E-state index in [1.807, 2.05) is 43.3 Å². The zero-order valence-corrected chi connectivity index (χ0v) is 13.5. The highest BCUT2D eigenvalue weighted by Crippen LogP contribution is 2.11. The quantitative estimate of drug-likeness (QED) is 0.769. The molecule has 24 heavy (non-hydrogen) atoms. The van der Waals surface area contributed by atoms with E-state index in [1.165, 1.54) is 18.3 Å². The van der Waals surface area contributed by atoms with Crippen molar-refractivity contribution in [1.82, 2.24) is 10.3 Å². The Hall–Kier alpha value is -3.09. The van der Waals surface area contributed by atoms with Gasteiger partial charge in [0.25, 0.3) is 11.5 Å². The lowest BCUT2D eigenvalue weighted by Crippen LogP contribution is -2.29. The maximum absolute atomic E-state index is 11.7. The number of aromatic nitrogens is 1. The minimum absolute atomic E-state index is 0.135. The van der Waals surface area contributed by atoms with E-state index in [-0.39, 0.29) is 5.56 Å². The van der Waals surface area contributed by atoms with Crippen molar-refractivity contribution in [2.24, 2.45) is 0 Å². The number of nitrogens with zero attached hydrogens (tertiary/aromatic N) is 1. The molecule has 0 bridgehead atoms. The van der Waals surface area contributed by atoms with Gasteiger partial charge < -0.3 is 19.9 Å². The third kappa shape index (κ3) is 4.70. The number of carbonyl (C=O) groups excluding carboxylic acids is 2. The first-order valence-corrected chi connectivity index (χ1v) is 7.35. The van der Waals surface area contributed by atoms with Crippen LogP contribution in [0, 0.1) is 0 Å². The lowest BCUT2D eigenvalue weighted by Gasteiger charge is -2.13. The number of aromatic amines is 1. The Morgan fingerprint density at radius 1 is 1.17 bits per heavy atom. The summed E-state index contributed by atoms with van der Waals surface area (Å²) in [5.74, 6) is -1.27. The number of hydrogen-bond acceptors (Lipinski definition) is 5. The van der Waals surface area contributed by atoms with Crippen LogP contribution in [-0.4, -0.2) is 37.6 Å². The van der Waals surface area contributed by atoms with Gasteiger partial charge in [0.15, 0.2) is 6.61 Å². The van der Waals surface area contributed by atoms with E-state index in [2.05, 4.69) is 10.3 Å². The van der Waals surface area contributed by atoms with Gasteiger partial charge in [0.2, 0.25) is 0 Å². The van der Waals surface area contributed by atoms with Crippen molar-refractivity contribution in [2.45, 2.75) is 6.54 Å². The van der Waals surface area contributed by atoms with Crippen molar-refractivity contribution < 1.29 is 14.3 Å². The van der Waals surface area contributed by atoms with E-state index < -0.39 is 24.0 Å². The van der Waals surface area contributed by atoms with Gasteiger partial charge in [0, 0.05) is 32.5 Å². The van der Waals surface area contributed by atoms with Crippen LogP contribution in [0.4, 0.5) is 5.69 Å². The van der Waals surface area contributed by atoms with Crippen LogP contribution in [0.1, 0.15) is 15.9 Å². The fourth-order valence-corrected chi connectivity index (χ4v) is 1.95. The van der Waals surface area contributed by atoms with Gasteiger partial charge in [-0.2, -0.15) is 0 Å². The number of benzene rings is 1. The van der Waals surface area contributed by atoms with E-state index >= 15 is 0 Å². The SMILES string of the molecule is CN(C)c1ccc(CNC(=O)COC(=O)c2ccc[nH]c2=O)cc1. The van der Waals surface area contributed by atoms with Crippen LogP contribution >= 0.6 is 0 Å². The molecule has 1 aromatic carbocycles. The molecule has 0 spiro atoms. The van der Waals surface area contributed by atoms with E-state index in [4.69, 9.17) is 4.74 Å². The third-order valence-electron chi connectivity index (χ3n) is 3.31. The first-order valence-electron chi connectivity index (χ1n) is 7.35. The van der Waals surface area contributed by atoms with Crippen LogP contribution < -0.4 is 15.8 Å². The zero-order valence-electron chi connectivity index (χ0n) is 13.5. The highest BCUT2D eigenvalue weighted by Gasteiger charge is 2.13. The first-order chi connectivity index (χ1) is 11.5. The van der Waals surface area contributed by atoms with Crippen LogP contribution in [0.2, 0.25) is 0 Å². The average Bonchev–Trinajstić information content (AvgIpc) is 2.58. The molecule has 7 heteroatoms. The minimum atomic E-state index is -0.831. The minimum Gasteiger partial charge on any atom is -0.452 e. The smallest absolute Gasteiger partial charge is 0.344 e. The summed E-state index contributed by atoms with van der Waals surface area (Å²) in [4.78, 5) is 39.2. The van der Waals surface area contributed by atoms with Gasteiger partial charge >= 0.3 is 5.97 Å². The number of carbonyl (C=O) groups is 2. The van der Waals surface area contributed by atoms with Crippen molar-refractivity contribution in [2.75, 3.05) is 25.6 Å². The van der Waals surface area contributed by atoms with Gasteiger partial charge in [-0.15, -0.1) is 0 Å². The lowest BCUT2D eigenvalue weighted by atomic mass is 10.2. The number of pyridine rings is 1. The van der Waals surface area contributed by atoms with Crippen molar-refractivity contribution >= 4 is 17.6 Å². The summed E-state index contributed by atoms with van der Waals surface area (Å²) in [6, 6.07) is 10.6. The Morgan fingerprint density at radius 2 is 1.88 bits per heavy atom. The number of H-pyrrole nitrogens is 1. The molecule has 0 aliphatic rings. The zero-order chi connectivity index (χ0) is 17.5. The molecule has 2 N–H and O–H groups in total. The standard InChI is InChI=1S/C17H19N3O4/c1-20(2)13-7-5-12(6-8-13)10-19-15(21)11-24-17(23)14-4-3-9-18-16(14)22/h3-9H,10-11H2,1-2H3,(H,18,22)(H,19,21). The molecule has 7 nitrogen and oxygen atoms in total. The molecule has 0 aliphatic heterocycles. The van der Waals surface area contributed by atoms with Crippen LogP contribution in [0.15, 0.2) is 47.4 Å². The second kappa shape index (κ2) is 7.96. The number of anilines is 1. The van der Waals surface area contributed by atoms with E-state index in [1.54, 1.807) is 0 Å². The summed E-state index contributed by atoms with van der Waals surface area (Å²) < 4.78 is 4.83. The summed E-state index contributed by atoms with van der Waals surface area (Å²) >= 11 is 0. The van der Waals surface area contributed by atoms with Gasteiger partial charge in [-0.05, 0) is 29.8 Å². The first kappa shape index (κ1) is 17.3. The summed E-state index contributed by atoms with van der Waals surface area (Å²) in [6.45, 7) is -0.112. The monoisotopic (exact) mass is 329 g/mol. The molecule has 0 fully saturated rings. The Kier molecular flexibility index (Phi) is 5.73. The Balaban J connectivity index is 1.80. The molecular weight excluding hydrogens is 310 g/mol.